The molecule has 2 aliphatic rings. The molecule has 15 heavy (non-hydrogen) atoms. The summed E-state index contributed by atoms with van der Waals surface area (Å²) in [5.74, 6) is 0. The third kappa shape index (κ3) is 1.29. The van der Waals surface area contributed by atoms with E-state index in [0.717, 1.165) is 18.6 Å². The van der Waals surface area contributed by atoms with Gasteiger partial charge in [0, 0.05) is 11.1 Å². The van der Waals surface area contributed by atoms with Gasteiger partial charge in [-0.3, -0.25) is 0 Å². The van der Waals surface area contributed by atoms with Crippen molar-refractivity contribution in [3.8, 4) is 0 Å². The van der Waals surface area contributed by atoms with E-state index in [4.69, 9.17) is 4.84 Å². The van der Waals surface area contributed by atoms with Crippen LogP contribution in [0.1, 0.15) is 30.6 Å². The van der Waals surface area contributed by atoms with E-state index in [-0.39, 0.29) is 6.10 Å². The lowest BCUT2D eigenvalue weighted by molar-refractivity contribution is 0.105. The topological polar surface area (TPSA) is 21.6 Å². The quantitative estimate of drug-likeness (QED) is 0.629. The van der Waals surface area contributed by atoms with E-state index in [1.165, 1.54) is 16.7 Å². The Bertz CT molecular complexity index is 459. The Hall–Kier alpha value is -1.57. The minimum Gasteiger partial charge on any atom is -0.382 e. The van der Waals surface area contributed by atoms with E-state index in [9.17, 15) is 0 Å². The largest absolute Gasteiger partial charge is 0.382 e. The van der Waals surface area contributed by atoms with Gasteiger partial charge in [-0.05, 0) is 25.3 Å². The normalized spacial score (nSPS) is 23.1. The molecular formula is C13H13NO. The van der Waals surface area contributed by atoms with Gasteiger partial charge < -0.3 is 4.84 Å². The fraction of sp³-hybridized carbons (Fsp3) is 0.308. The fourth-order valence-electron chi connectivity index (χ4n) is 2.31. The van der Waals surface area contributed by atoms with Gasteiger partial charge in [0.2, 0.25) is 0 Å². The van der Waals surface area contributed by atoms with Gasteiger partial charge >= 0.3 is 0 Å². The van der Waals surface area contributed by atoms with E-state index in [0.29, 0.717) is 0 Å². The van der Waals surface area contributed by atoms with Crippen molar-refractivity contribution in [2.45, 2.75) is 25.9 Å². The predicted molar refractivity (Wildman–Crippen MR) is 59.8 cm³/mol. The summed E-state index contributed by atoms with van der Waals surface area (Å²) in [7, 11) is 0. The van der Waals surface area contributed by atoms with Gasteiger partial charge in [-0.1, -0.05) is 35.5 Å². The summed E-state index contributed by atoms with van der Waals surface area (Å²) in [6.07, 6.45) is 4.49. The van der Waals surface area contributed by atoms with Crippen LogP contribution < -0.4 is 0 Å². The van der Waals surface area contributed by atoms with E-state index < -0.39 is 0 Å². The molecule has 0 spiro atoms. The fourth-order valence-corrected chi connectivity index (χ4v) is 2.31. The molecule has 0 saturated heterocycles. The molecule has 1 aromatic rings. The van der Waals surface area contributed by atoms with E-state index in [2.05, 4.69) is 35.5 Å². The summed E-state index contributed by atoms with van der Waals surface area (Å²) in [4.78, 5) is 5.50. The molecule has 0 radical (unpaired) electrons. The molecule has 0 saturated carbocycles. The van der Waals surface area contributed by atoms with Crippen LogP contribution in [0.3, 0.4) is 0 Å². The molecule has 1 aliphatic carbocycles. The maximum Gasteiger partial charge on any atom is 0.179 e. The summed E-state index contributed by atoms with van der Waals surface area (Å²) in [6.45, 7) is 2.01. The number of hydrogen-bond donors (Lipinski definition) is 0. The van der Waals surface area contributed by atoms with Crippen LogP contribution in [0.4, 0.5) is 0 Å². The van der Waals surface area contributed by atoms with Crippen LogP contribution in [0.15, 0.2) is 41.1 Å². The lowest BCUT2D eigenvalue weighted by atomic mass is 9.97. The molecule has 0 N–H and O–H groups in total. The molecule has 2 nitrogen and oxygen atoms in total. The number of allylic oxidation sites excluding steroid dienone is 1. The number of oxime groups is 1. The third-order valence-corrected chi connectivity index (χ3v) is 3.11. The van der Waals surface area contributed by atoms with Crippen molar-refractivity contribution in [2.75, 3.05) is 0 Å². The lowest BCUT2D eigenvalue weighted by Crippen LogP contribution is -2.03. The second-order valence-electron chi connectivity index (χ2n) is 4.06. The molecule has 1 heterocycles. The Labute approximate surface area is 89.2 Å². The first-order valence-corrected chi connectivity index (χ1v) is 5.35. The number of rotatable bonds is 0. The number of hydrogen-bond acceptors (Lipinski definition) is 2. The molecule has 0 aromatic heterocycles. The number of nitrogens with zero attached hydrogens (tertiary/aromatic N) is 1. The highest BCUT2D eigenvalue weighted by atomic mass is 16.6. The number of benzene rings is 1. The highest BCUT2D eigenvalue weighted by Crippen LogP contribution is 2.36. The second kappa shape index (κ2) is 3.23. The molecule has 1 aliphatic heterocycles. The molecular weight excluding hydrogens is 186 g/mol. The smallest absolute Gasteiger partial charge is 0.179 e. The van der Waals surface area contributed by atoms with Crippen molar-refractivity contribution >= 4 is 5.71 Å². The van der Waals surface area contributed by atoms with Crippen LogP contribution in [0, 0.1) is 0 Å². The van der Waals surface area contributed by atoms with Gasteiger partial charge in [0.05, 0.1) is 5.71 Å². The van der Waals surface area contributed by atoms with E-state index >= 15 is 0 Å². The Balaban J connectivity index is 2.12. The van der Waals surface area contributed by atoms with Crippen molar-refractivity contribution in [3.63, 3.8) is 0 Å². The van der Waals surface area contributed by atoms with Crippen LogP contribution in [0.2, 0.25) is 0 Å². The standard InChI is InChI=1S/C13H13NO/c1-9-11-8-4-6-10-5-2-3-7-12(10)13(11)15-14-9/h2-3,5,7-8,13H,4,6H2,1H3. The van der Waals surface area contributed by atoms with Crippen LogP contribution in [-0.2, 0) is 11.3 Å². The third-order valence-electron chi connectivity index (χ3n) is 3.11. The zero-order valence-corrected chi connectivity index (χ0v) is 8.73. The van der Waals surface area contributed by atoms with Crippen LogP contribution >= 0.6 is 0 Å². The Morgan fingerprint density at radius 2 is 2.20 bits per heavy atom. The summed E-state index contributed by atoms with van der Waals surface area (Å²) >= 11 is 0. The van der Waals surface area contributed by atoms with E-state index in [1.807, 2.05) is 6.92 Å². The van der Waals surface area contributed by atoms with Gasteiger partial charge in [0.15, 0.2) is 6.10 Å². The van der Waals surface area contributed by atoms with Crippen molar-refractivity contribution < 1.29 is 4.84 Å². The summed E-state index contributed by atoms with van der Waals surface area (Å²) in [5, 5.41) is 4.07. The van der Waals surface area contributed by atoms with Crippen LogP contribution in [0.5, 0.6) is 0 Å². The minimum atomic E-state index is 0.0451. The van der Waals surface area contributed by atoms with Crippen LogP contribution in [0.25, 0.3) is 0 Å². The highest BCUT2D eigenvalue weighted by molar-refractivity contribution is 6.00. The summed E-state index contributed by atoms with van der Waals surface area (Å²) in [6, 6.07) is 8.49. The Morgan fingerprint density at radius 1 is 1.33 bits per heavy atom. The first kappa shape index (κ1) is 8.72. The van der Waals surface area contributed by atoms with Crippen molar-refractivity contribution in [1.29, 1.82) is 0 Å². The number of fused-ring (bicyclic) bond motifs is 3. The molecule has 2 heteroatoms. The van der Waals surface area contributed by atoms with Crippen molar-refractivity contribution in [2.24, 2.45) is 5.16 Å². The Kier molecular flexibility index (Phi) is 1.88. The lowest BCUT2D eigenvalue weighted by Gasteiger charge is -2.12. The first-order chi connectivity index (χ1) is 7.36. The molecule has 1 atom stereocenters. The molecule has 1 aromatic carbocycles. The van der Waals surface area contributed by atoms with Gasteiger partial charge in [-0.25, -0.2) is 0 Å². The summed E-state index contributed by atoms with van der Waals surface area (Å²) < 4.78 is 0. The molecule has 1 unspecified atom stereocenters. The van der Waals surface area contributed by atoms with Gasteiger partial charge in [0.1, 0.15) is 0 Å². The van der Waals surface area contributed by atoms with Gasteiger partial charge in [0.25, 0.3) is 0 Å². The zero-order valence-electron chi connectivity index (χ0n) is 8.73. The second-order valence-corrected chi connectivity index (χ2v) is 4.06. The number of aryl methyl sites for hydroxylation is 1. The maximum absolute atomic E-state index is 5.50. The average Bonchev–Trinajstić information content (AvgIpc) is 2.53. The summed E-state index contributed by atoms with van der Waals surface area (Å²) in [5.41, 5.74) is 4.94. The molecule has 3 rings (SSSR count). The minimum absolute atomic E-state index is 0.0451. The van der Waals surface area contributed by atoms with E-state index in [1.54, 1.807) is 0 Å². The highest BCUT2D eigenvalue weighted by Gasteiger charge is 2.29. The van der Waals surface area contributed by atoms with Gasteiger partial charge in [-0.2, -0.15) is 0 Å². The van der Waals surface area contributed by atoms with Gasteiger partial charge in [-0.15, -0.1) is 0 Å². The predicted octanol–water partition coefficient (Wildman–Crippen LogP) is 3.01. The van der Waals surface area contributed by atoms with Crippen molar-refractivity contribution in [1.82, 2.24) is 0 Å². The SMILES string of the molecule is CC1=NOC2C1=CCCc1ccccc12. The molecule has 0 amide bonds. The monoisotopic (exact) mass is 199 g/mol. The molecule has 0 bridgehead atoms. The Morgan fingerprint density at radius 3 is 3.13 bits per heavy atom. The maximum atomic E-state index is 5.50. The molecule has 76 valence electrons. The molecule has 0 fully saturated rings. The van der Waals surface area contributed by atoms with Crippen LogP contribution in [-0.4, -0.2) is 5.71 Å². The average molecular weight is 199 g/mol. The van der Waals surface area contributed by atoms with Crippen molar-refractivity contribution in [3.05, 3.63) is 47.0 Å². The first-order valence-electron chi connectivity index (χ1n) is 5.35. The zero-order chi connectivity index (χ0) is 10.3.